The number of fused-ring (bicyclic) bond motifs is 1. The third kappa shape index (κ3) is 5.77. The Morgan fingerprint density at radius 2 is 2.14 bits per heavy atom. The molecule has 2 amide bonds. The van der Waals surface area contributed by atoms with Crippen LogP contribution >= 0.6 is 0 Å². The number of carbonyl (C=O) groups excluding carboxylic acids is 2. The summed E-state index contributed by atoms with van der Waals surface area (Å²) in [6.07, 6.45) is 4.73. The summed E-state index contributed by atoms with van der Waals surface area (Å²) in [7, 11) is 4.02. The molecular weight excluding hydrogens is 358 g/mol. The summed E-state index contributed by atoms with van der Waals surface area (Å²) in [6, 6.07) is 5.66. The van der Waals surface area contributed by atoms with Gasteiger partial charge in [-0.1, -0.05) is 6.07 Å². The van der Waals surface area contributed by atoms with E-state index in [0.29, 0.717) is 25.1 Å². The van der Waals surface area contributed by atoms with E-state index in [2.05, 4.69) is 10.4 Å². The van der Waals surface area contributed by atoms with Crippen LogP contribution in [0.1, 0.15) is 53.6 Å². The van der Waals surface area contributed by atoms with Crippen molar-refractivity contribution in [2.24, 2.45) is 0 Å². The summed E-state index contributed by atoms with van der Waals surface area (Å²) in [6.45, 7) is 2.87. The van der Waals surface area contributed by atoms with Crippen molar-refractivity contribution < 1.29 is 19.2 Å². The van der Waals surface area contributed by atoms with E-state index in [1.807, 2.05) is 37.2 Å². The van der Waals surface area contributed by atoms with Crippen molar-refractivity contribution in [3.8, 4) is 0 Å². The zero-order chi connectivity index (χ0) is 19.9. The number of carbonyl (C=O) groups is 2. The number of hydrogen-bond donors (Lipinski definition) is 1. The molecule has 2 heterocycles. The number of nitrogens with zero attached hydrogens (tertiary/aromatic N) is 2. The van der Waals surface area contributed by atoms with Crippen molar-refractivity contribution in [3.05, 3.63) is 34.9 Å². The first kappa shape index (κ1) is 20.8. The first-order valence-electron chi connectivity index (χ1n) is 10.1. The molecule has 1 aromatic carbocycles. The van der Waals surface area contributed by atoms with E-state index in [-0.39, 0.29) is 18.1 Å². The van der Waals surface area contributed by atoms with Crippen LogP contribution in [0.2, 0.25) is 0 Å². The van der Waals surface area contributed by atoms with Crippen LogP contribution in [0.4, 0.5) is 0 Å². The molecule has 1 unspecified atom stereocenters. The summed E-state index contributed by atoms with van der Waals surface area (Å²) in [4.78, 5) is 34.3. The minimum absolute atomic E-state index is 0.181. The smallest absolute Gasteiger partial charge is 0.274 e. The molecule has 1 aromatic rings. The molecule has 0 aliphatic carbocycles. The van der Waals surface area contributed by atoms with Gasteiger partial charge < -0.3 is 14.5 Å². The first-order chi connectivity index (χ1) is 13.5. The van der Waals surface area contributed by atoms with E-state index in [0.717, 1.165) is 50.8 Å². The van der Waals surface area contributed by atoms with Gasteiger partial charge in [0.15, 0.2) is 6.29 Å². The average molecular weight is 389 g/mol. The van der Waals surface area contributed by atoms with Crippen LogP contribution in [-0.4, -0.2) is 61.7 Å². The molecule has 154 valence electrons. The minimum atomic E-state index is -0.370. The van der Waals surface area contributed by atoms with Gasteiger partial charge in [0, 0.05) is 38.1 Å². The van der Waals surface area contributed by atoms with Crippen LogP contribution < -0.4 is 5.48 Å². The molecule has 3 rings (SSSR count). The van der Waals surface area contributed by atoms with E-state index in [4.69, 9.17) is 9.57 Å². The number of hydroxylamine groups is 1. The number of benzene rings is 1. The molecule has 0 saturated carbocycles. The van der Waals surface area contributed by atoms with Gasteiger partial charge in [-0.2, -0.15) is 0 Å². The zero-order valence-corrected chi connectivity index (χ0v) is 16.9. The Balaban J connectivity index is 1.54. The van der Waals surface area contributed by atoms with Crippen LogP contribution in [0.15, 0.2) is 18.2 Å². The third-order valence-electron chi connectivity index (χ3n) is 5.25. The molecule has 1 saturated heterocycles. The van der Waals surface area contributed by atoms with Gasteiger partial charge >= 0.3 is 0 Å². The second-order valence-corrected chi connectivity index (χ2v) is 7.80. The van der Waals surface area contributed by atoms with Gasteiger partial charge in [-0.25, -0.2) is 10.3 Å². The molecule has 1 fully saturated rings. The highest BCUT2D eigenvalue weighted by Crippen LogP contribution is 2.21. The van der Waals surface area contributed by atoms with Crippen LogP contribution in [-0.2, 0) is 27.3 Å². The normalized spacial score (nSPS) is 19.4. The van der Waals surface area contributed by atoms with Gasteiger partial charge in [0.1, 0.15) is 0 Å². The minimum Gasteiger partial charge on any atom is -0.350 e. The lowest BCUT2D eigenvalue weighted by Crippen LogP contribution is -2.36. The number of ether oxygens (including phenoxy) is 1. The predicted molar refractivity (Wildman–Crippen MR) is 105 cm³/mol. The Kier molecular flexibility index (Phi) is 7.42. The van der Waals surface area contributed by atoms with Crippen LogP contribution in [0, 0.1) is 0 Å². The Labute approximate surface area is 166 Å². The lowest BCUT2D eigenvalue weighted by atomic mass is 9.97. The van der Waals surface area contributed by atoms with Gasteiger partial charge in [-0.3, -0.25) is 9.59 Å². The maximum atomic E-state index is 12.5. The number of nitrogens with one attached hydrogen (secondary N) is 1. The molecule has 1 N–H and O–H groups in total. The quantitative estimate of drug-likeness (QED) is 0.723. The molecule has 28 heavy (non-hydrogen) atoms. The topological polar surface area (TPSA) is 71.1 Å². The van der Waals surface area contributed by atoms with Crippen molar-refractivity contribution in [2.75, 3.05) is 33.8 Å². The van der Waals surface area contributed by atoms with Crippen molar-refractivity contribution in [1.29, 1.82) is 0 Å². The fourth-order valence-electron chi connectivity index (χ4n) is 3.60. The largest absolute Gasteiger partial charge is 0.350 e. The number of amides is 2. The second kappa shape index (κ2) is 10.0. The Bertz CT molecular complexity index is 686. The highest BCUT2D eigenvalue weighted by molar-refractivity contribution is 5.93. The summed E-state index contributed by atoms with van der Waals surface area (Å²) >= 11 is 0. The van der Waals surface area contributed by atoms with Gasteiger partial charge in [0.25, 0.3) is 5.91 Å². The SMILES string of the molecule is CN(C)CCCC(=O)N1CCc2ccc(C(=O)NOC3CCCCO3)cc2C1. The molecule has 7 heteroatoms. The van der Waals surface area contributed by atoms with Crippen molar-refractivity contribution in [2.45, 2.75) is 51.4 Å². The van der Waals surface area contributed by atoms with Crippen LogP contribution in [0.25, 0.3) is 0 Å². The van der Waals surface area contributed by atoms with Gasteiger partial charge in [0.2, 0.25) is 5.91 Å². The molecule has 2 aliphatic heterocycles. The van der Waals surface area contributed by atoms with E-state index in [1.54, 1.807) is 0 Å². The number of hydrogen-bond acceptors (Lipinski definition) is 5. The van der Waals surface area contributed by atoms with Crippen molar-refractivity contribution >= 4 is 11.8 Å². The maximum Gasteiger partial charge on any atom is 0.274 e. The molecule has 7 nitrogen and oxygen atoms in total. The standard InChI is InChI=1S/C21H31N3O4/c1-23(2)11-5-6-19(25)24-12-10-16-8-9-17(14-18(16)15-24)21(26)22-28-20-7-3-4-13-27-20/h8-9,14,20H,3-7,10-13,15H2,1-2H3,(H,22,26). The fourth-order valence-corrected chi connectivity index (χ4v) is 3.60. The van der Waals surface area contributed by atoms with Crippen molar-refractivity contribution in [3.63, 3.8) is 0 Å². The predicted octanol–water partition coefficient (Wildman–Crippen LogP) is 2.10. The summed E-state index contributed by atoms with van der Waals surface area (Å²) in [5.41, 5.74) is 5.27. The van der Waals surface area contributed by atoms with E-state index >= 15 is 0 Å². The monoisotopic (exact) mass is 389 g/mol. The Morgan fingerprint density at radius 3 is 2.89 bits per heavy atom. The zero-order valence-electron chi connectivity index (χ0n) is 16.9. The van der Waals surface area contributed by atoms with E-state index < -0.39 is 0 Å². The molecule has 1 atom stereocenters. The van der Waals surface area contributed by atoms with Gasteiger partial charge in [0.05, 0.1) is 0 Å². The molecule has 0 radical (unpaired) electrons. The highest BCUT2D eigenvalue weighted by atomic mass is 16.8. The Hall–Kier alpha value is -1.96. The lowest BCUT2D eigenvalue weighted by molar-refractivity contribution is -0.186. The first-order valence-corrected chi connectivity index (χ1v) is 10.1. The molecule has 2 aliphatic rings. The maximum absolute atomic E-state index is 12.5. The Morgan fingerprint density at radius 1 is 1.29 bits per heavy atom. The van der Waals surface area contributed by atoms with E-state index in [1.165, 1.54) is 5.56 Å². The number of rotatable bonds is 7. The van der Waals surface area contributed by atoms with Crippen LogP contribution in [0.5, 0.6) is 0 Å². The van der Waals surface area contributed by atoms with Gasteiger partial charge in [-0.05, 0) is 69.6 Å². The average Bonchev–Trinajstić information content (AvgIpc) is 2.71. The molecule has 0 aromatic heterocycles. The molecular formula is C21H31N3O4. The second-order valence-electron chi connectivity index (χ2n) is 7.80. The summed E-state index contributed by atoms with van der Waals surface area (Å²) < 4.78 is 5.46. The lowest BCUT2D eigenvalue weighted by Gasteiger charge is -2.29. The van der Waals surface area contributed by atoms with Crippen LogP contribution in [0.3, 0.4) is 0 Å². The van der Waals surface area contributed by atoms with Crippen molar-refractivity contribution in [1.82, 2.24) is 15.3 Å². The summed E-state index contributed by atoms with van der Waals surface area (Å²) in [5, 5.41) is 0. The fraction of sp³-hybridized carbons (Fsp3) is 0.619. The van der Waals surface area contributed by atoms with E-state index in [9.17, 15) is 9.59 Å². The molecule has 0 spiro atoms. The van der Waals surface area contributed by atoms with Gasteiger partial charge in [-0.15, -0.1) is 0 Å². The summed E-state index contributed by atoms with van der Waals surface area (Å²) in [5.74, 6) is -0.105. The highest BCUT2D eigenvalue weighted by Gasteiger charge is 2.22. The molecule has 0 bridgehead atoms. The third-order valence-corrected chi connectivity index (χ3v) is 5.25.